The summed E-state index contributed by atoms with van der Waals surface area (Å²) in [6, 6.07) is -0.281. The minimum atomic E-state index is -1.12. The lowest BCUT2D eigenvalue weighted by Gasteiger charge is -2.36. The van der Waals surface area contributed by atoms with Crippen molar-refractivity contribution < 1.29 is 24.2 Å². The number of rotatable bonds is 4. The molecule has 0 bridgehead atoms. The maximum atomic E-state index is 13.5. The summed E-state index contributed by atoms with van der Waals surface area (Å²) in [6.07, 6.45) is 3.93. The second-order valence-electron chi connectivity index (χ2n) is 11.5. The average Bonchev–Trinajstić information content (AvgIpc) is 3.24. The molecule has 1 aliphatic heterocycles. The van der Waals surface area contributed by atoms with E-state index in [0.29, 0.717) is 6.42 Å². The zero-order valence-corrected chi connectivity index (χ0v) is 25.0. The SMILES string of the molecule is COC1C[C@@H](/C(C)=C/c2csc(C)n2)NC(=O)C[C@H](O)C(C)(C)C(=O)[C@H](C)[C@@H](OC)[C@@H](C)CCCC1C. The molecule has 0 spiro atoms. The molecule has 2 heterocycles. The summed E-state index contributed by atoms with van der Waals surface area (Å²) in [5, 5.41) is 17.2. The van der Waals surface area contributed by atoms with Crippen LogP contribution in [-0.2, 0) is 19.1 Å². The molecule has 0 radical (unpaired) electrons. The van der Waals surface area contributed by atoms with Gasteiger partial charge in [-0.1, -0.05) is 41.0 Å². The third-order valence-electron chi connectivity index (χ3n) is 8.21. The van der Waals surface area contributed by atoms with Crippen LogP contribution >= 0.6 is 11.3 Å². The lowest BCUT2D eigenvalue weighted by atomic mass is 9.72. The molecule has 1 aliphatic rings. The Morgan fingerprint density at radius 2 is 1.81 bits per heavy atom. The van der Waals surface area contributed by atoms with Crippen molar-refractivity contribution in [1.82, 2.24) is 10.3 Å². The first-order chi connectivity index (χ1) is 17.3. The number of amides is 1. The van der Waals surface area contributed by atoms with Crippen molar-refractivity contribution in [2.24, 2.45) is 23.2 Å². The largest absolute Gasteiger partial charge is 0.392 e. The van der Waals surface area contributed by atoms with Gasteiger partial charge in [-0.05, 0) is 56.6 Å². The molecule has 1 fully saturated rings. The van der Waals surface area contributed by atoms with Crippen molar-refractivity contribution in [3.63, 3.8) is 0 Å². The number of aromatic nitrogens is 1. The second-order valence-corrected chi connectivity index (χ2v) is 12.6. The molecule has 0 saturated carbocycles. The number of hydrogen-bond donors (Lipinski definition) is 2. The van der Waals surface area contributed by atoms with E-state index in [1.807, 2.05) is 32.2 Å². The lowest BCUT2D eigenvalue weighted by molar-refractivity contribution is -0.144. The van der Waals surface area contributed by atoms with Crippen molar-refractivity contribution in [2.75, 3.05) is 14.2 Å². The zero-order chi connectivity index (χ0) is 27.9. The number of ketones is 1. The predicted octanol–water partition coefficient (Wildman–Crippen LogP) is 5.20. The van der Waals surface area contributed by atoms with Crippen LogP contribution in [-0.4, -0.2) is 60.4 Å². The van der Waals surface area contributed by atoms with Crippen LogP contribution in [0.2, 0.25) is 0 Å². The Morgan fingerprint density at radius 3 is 2.38 bits per heavy atom. The van der Waals surface area contributed by atoms with Crippen LogP contribution in [0.3, 0.4) is 0 Å². The van der Waals surface area contributed by atoms with Gasteiger partial charge in [0.25, 0.3) is 0 Å². The van der Waals surface area contributed by atoms with Crippen molar-refractivity contribution in [1.29, 1.82) is 0 Å². The highest BCUT2D eigenvalue weighted by atomic mass is 32.1. The van der Waals surface area contributed by atoms with Crippen LogP contribution in [0.15, 0.2) is 11.0 Å². The second kappa shape index (κ2) is 14.0. The summed E-state index contributed by atoms with van der Waals surface area (Å²) < 4.78 is 11.7. The number of aryl methyl sites for hydroxylation is 1. The predicted molar refractivity (Wildman–Crippen MR) is 149 cm³/mol. The molecule has 1 amide bonds. The Hall–Kier alpha value is -1.61. The van der Waals surface area contributed by atoms with Gasteiger partial charge < -0.3 is 19.9 Å². The van der Waals surface area contributed by atoms with E-state index in [1.165, 1.54) is 0 Å². The van der Waals surface area contributed by atoms with E-state index in [2.05, 4.69) is 24.1 Å². The Kier molecular flexibility index (Phi) is 11.9. The van der Waals surface area contributed by atoms with Crippen molar-refractivity contribution in [3.8, 4) is 0 Å². The Balaban J connectivity index is 2.39. The smallest absolute Gasteiger partial charge is 0.223 e. The minimum absolute atomic E-state index is 0.0471. The van der Waals surface area contributed by atoms with E-state index in [9.17, 15) is 14.7 Å². The van der Waals surface area contributed by atoms with E-state index < -0.39 is 17.4 Å². The van der Waals surface area contributed by atoms with Crippen molar-refractivity contribution >= 4 is 29.1 Å². The van der Waals surface area contributed by atoms with E-state index >= 15 is 0 Å². The number of aliphatic hydroxyl groups is 1. The van der Waals surface area contributed by atoms with Gasteiger partial charge in [0.1, 0.15) is 5.78 Å². The summed E-state index contributed by atoms with van der Waals surface area (Å²) in [7, 11) is 3.37. The molecule has 8 heteroatoms. The van der Waals surface area contributed by atoms with Crippen molar-refractivity contribution in [2.45, 2.75) is 105 Å². The Morgan fingerprint density at radius 1 is 1.16 bits per heavy atom. The molecule has 7 nitrogen and oxygen atoms in total. The van der Waals surface area contributed by atoms with Crippen LogP contribution < -0.4 is 5.32 Å². The number of methoxy groups -OCH3 is 2. The number of thiazole rings is 1. The first kappa shape index (κ1) is 31.6. The molecule has 37 heavy (non-hydrogen) atoms. The molecule has 210 valence electrons. The molecule has 1 saturated heterocycles. The zero-order valence-electron chi connectivity index (χ0n) is 24.2. The van der Waals surface area contributed by atoms with Crippen LogP contribution in [0.5, 0.6) is 0 Å². The highest BCUT2D eigenvalue weighted by Crippen LogP contribution is 2.33. The number of carbonyl (C=O) groups excluding carboxylic acids is 2. The fourth-order valence-electron chi connectivity index (χ4n) is 5.56. The Bertz CT molecular complexity index is 927. The van der Waals surface area contributed by atoms with E-state index in [1.54, 1.807) is 39.4 Å². The average molecular weight is 537 g/mol. The van der Waals surface area contributed by atoms with Gasteiger partial charge in [-0.3, -0.25) is 9.59 Å². The first-order valence-electron chi connectivity index (χ1n) is 13.5. The van der Waals surface area contributed by atoms with Crippen LogP contribution in [0.4, 0.5) is 0 Å². The van der Waals surface area contributed by atoms with Gasteiger partial charge in [-0.2, -0.15) is 0 Å². The summed E-state index contributed by atoms with van der Waals surface area (Å²) in [5.74, 6) is -0.314. The fourth-order valence-corrected chi connectivity index (χ4v) is 6.13. The first-order valence-corrected chi connectivity index (χ1v) is 14.4. The molecular formula is C29H48N2O5S. The van der Waals surface area contributed by atoms with Gasteiger partial charge in [0, 0.05) is 25.5 Å². The third-order valence-corrected chi connectivity index (χ3v) is 9.00. The highest BCUT2D eigenvalue weighted by molar-refractivity contribution is 7.09. The number of hydrogen-bond acceptors (Lipinski definition) is 7. The summed E-state index contributed by atoms with van der Waals surface area (Å²) in [6.45, 7) is 13.6. The summed E-state index contributed by atoms with van der Waals surface area (Å²) >= 11 is 1.59. The number of aliphatic hydroxyl groups excluding tert-OH is 1. The van der Waals surface area contributed by atoms with Gasteiger partial charge in [0.15, 0.2) is 0 Å². The molecule has 2 N–H and O–H groups in total. The highest BCUT2D eigenvalue weighted by Gasteiger charge is 2.42. The molecule has 2 rings (SSSR count). The Labute approximate surface area is 227 Å². The molecule has 1 aromatic heterocycles. The van der Waals surface area contributed by atoms with E-state index in [4.69, 9.17) is 9.47 Å². The molecule has 1 aromatic rings. The van der Waals surface area contributed by atoms with Gasteiger partial charge >= 0.3 is 0 Å². The standard InChI is InChI=1S/C29H48N2O5S/c1-17-11-10-12-18(2)27(36-9)20(4)28(34)29(6,7)25(32)15-26(33)31-23(14-24(17)35-8)19(3)13-22-16-37-21(5)30-22/h13,16-18,20,23-25,27,32H,10-12,14-15H2,1-9H3,(H,31,33)/b19-13+/t17?,18-,20+,23-,24?,25-,27-/m0/s1. The van der Waals surface area contributed by atoms with Crippen LogP contribution in [0.1, 0.15) is 84.3 Å². The number of nitrogens with zero attached hydrogens (tertiary/aromatic N) is 1. The number of nitrogens with one attached hydrogen (secondary N) is 1. The van der Waals surface area contributed by atoms with Gasteiger partial charge in [-0.25, -0.2) is 4.98 Å². The lowest BCUT2D eigenvalue weighted by Crippen LogP contribution is -2.48. The topological polar surface area (TPSA) is 97.8 Å². The molecule has 2 unspecified atom stereocenters. The van der Waals surface area contributed by atoms with E-state index in [0.717, 1.165) is 35.5 Å². The van der Waals surface area contributed by atoms with Crippen LogP contribution in [0.25, 0.3) is 6.08 Å². The number of ether oxygens (including phenoxy) is 2. The summed E-state index contributed by atoms with van der Waals surface area (Å²) in [4.78, 5) is 31.2. The molecule has 0 aliphatic carbocycles. The normalized spacial score (nSPS) is 33.2. The van der Waals surface area contributed by atoms with Crippen LogP contribution in [0, 0.1) is 30.1 Å². The van der Waals surface area contributed by atoms with Gasteiger partial charge in [0.2, 0.25) is 5.91 Å². The summed E-state index contributed by atoms with van der Waals surface area (Å²) in [5.41, 5.74) is 0.752. The molecule has 7 atom stereocenters. The number of carbonyl (C=O) groups is 2. The third kappa shape index (κ3) is 8.44. The fraction of sp³-hybridized carbons (Fsp3) is 0.759. The maximum absolute atomic E-state index is 13.5. The minimum Gasteiger partial charge on any atom is -0.392 e. The van der Waals surface area contributed by atoms with Gasteiger partial charge in [-0.15, -0.1) is 11.3 Å². The maximum Gasteiger partial charge on any atom is 0.223 e. The van der Waals surface area contributed by atoms with Crippen molar-refractivity contribution in [3.05, 3.63) is 21.7 Å². The van der Waals surface area contributed by atoms with Gasteiger partial charge in [0.05, 0.1) is 46.9 Å². The quantitative estimate of drug-likeness (QED) is 0.549. The van der Waals surface area contributed by atoms with E-state index in [-0.39, 0.29) is 48.2 Å². The molecular weight excluding hydrogens is 488 g/mol. The molecule has 0 aromatic carbocycles. The number of Topliss-reactive ketones (excluding diaryl/α,β-unsaturated/α-hetero) is 1. The monoisotopic (exact) mass is 536 g/mol.